The first-order chi connectivity index (χ1) is 14.7. The number of benzene rings is 1. The van der Waals surface area contributed by atoms with Crippen LogP contribution in [-0.4, -0.2) is 22.1 Å². The number of ether oxygens (including phenoxy) is 1. The van der Waals surface area contributed by atoms with E-state index in [2.05, 4.69) is 52.3 Å². The molecule has 0 aliphatic heterocycles. The summed E-state index contributed by atoms with van der Waals surface area (Å²) < 4.78 is 7.84. The van der Waals surface area contributed by atoms with Gasteiger partial charge in [-0.2, -0.15) is 0 Å². The minimum atomic E-state index is -0.294. The first-order valence-electron chi connectivity index (χ1n) is 11.2. The lowest BCUT2D eigenvalue weighted by molar-refractivity contribution is 0.0500. The van der Waals surface area contributed by atoms with Crippen molar-refractivity contribution in [1.82, 2.24) is 9.55 Å². The van der Waals surface area contributed by atoms with E-state index in [1.807, 2.05) is 12.3 Å². The predicted octanol–water partition coefficient (Wildman–Crippen LogP) is 6.02. The van der Waals surface area contributed by atoms with Gasteiger partial charge in [0.2, 0.25) is 0 Å². The third-order valence-corrected chi connectivity index (χ3v) is 6.09. The van der Waals surface area contributed by atoms with Crippen LogP contribution in [0.1, 0.15) is 67.3 Å². The topological polar surface area (TPSA) is 56.1 Å². The van der Waals surface area contributed by atoms with Crippen LogP contribution in [0.5, 0.6) is 0 Å². The summed E-state index contributed by atoms with van der Waals surface area (Å²) in [5, 5.41) is 4.56. The molecule has 30 heavy (non-hydrogen) atoms. The molecule has 3 aromatic rings. The van der Waals surface area contributed by atoms with Gasteiger partial charge in [-0.3, -0.25) is 0 Å². The Morgan fingerprint density at radius 3 is 2.83 bits per heavy atom. The molecule has 0 spiro atoms. The fourth-order valence-electron chi connectivity index (χ4n) is 3.92. The number of carbonyl (C=O) groups excluding carboxylic acids is 1. The molecule has 2 heterocycles. The number of esters is 1. The van der Waals surface area contributed by atoms with E-state index in [1.165, 1.54) is 36.6 Å². The van der Waals surface area contributed by atoms with Crippen LogP contribution in [0.3, 0.4) is 0 Å². The molecule has 2 aliphatic rings. The van der Waals surface area contributed by atoms with Gasteiger partial charge in [-0.05, 0) is 79.8 Å². The third-order valence-electron chi connectivity index (χ3n) is 6.09. The van der Waals surface area contributed by atoms with Gasteiger partial charge in [0, 0.05) is 35.5 Å². The largest absolute Gasteiger partial charge is 0.462 e. The molecule has 0 amide bonds. The minimum absolute atomic E-state index is 0.294. The van der Waals surface area contributed by atoms with Crippen molar-refractivity contribution in [3.63, 3.8) is 0 Å². The Balaban J connectivity index is 1.39. The number of fused-ring (bicyclic) bond motifs is 1. The number of nitrogens with one attached hydrogen (secondary N) is 1. The highest BCUT2D eigenvalue weighted by molar-refractivity contribution is 5.96. The van der Waals surface area contributed by atoms with Gasteiger partial charge in [0.15, 0.2) is 0 Å². The molecular formula is C25H29N3O2. The fourth-order valence-corrected chi connectivity index (χ4v) is 3.92. The average Bonchev–Trinajstić information content (AvgIpc) is 3.67. The maximum Gasteiger partial charge on any atom is 0.341 e. The van der Waals surface area contributed by atoms with E-state index < -0.39 is 0 Å². The number of anilines is 2. The maximum absolute atomic E-state index is 12.7. The Bertz CT molecular complexity index is 1060. The number of aromatic nitrogens is 2. The number of unbranched alkanes of at least 4 members (excludes halogenated alkanes) is 1. The molecule has 0 bridgehead atoms. The molecule has 5 nitrogen and oxygen atoms in total. The Morgan fingerprint density at radius 2 is 2.07 bits per heavy atom. The van der Waals surface area contributed by atoms with Gasteiger partial charge in [-0.15, -0.1) is 0 Å². The Morgan fingerprint density at radius 1 is 1.20 bits per heavy atom. The molecule has 1 aromatic carbocycles. The number of carbonyl (C=O) groups is 1. The summed E-state index contributed by atoms with van der Waals surface area (Å²) in [5.74, 6) is 1.65. The van der Waals surface area contributed by atoms with Crippen LogP contribution in [0.4, 0.5) is 11.5 Å². The number of pyridine rings is 1. The van der Waals surface area contributed by atoms with E-state index in [1.54, 1.807) is 0 Å². The average molecular weight is 404 g/mol. The molecule has 0 saturated heterocycles. The van der Waals surface area contributed by atoms with Crippen LogP contribution in [0.15, 0.2) is 42.7 Å². The van der Waals surface area contributed by atoms with Gasteiger partial charge in [0.05, 0.1) is 6.61 Å². The van der Waals surface area contributed by atoms with Crippen molar-refractivity contribution in [3.8, 4) is 0 Å². The molecule has 2 aliphatic carbocycles. The van der Waals surface area contributed by atoms with Crippen LogP contribution in [0.25, 0.3) is 10.9 Å². The van der Waals surface area contributed by atoms with Crippen molar-refractivity contribution >= 4 is 28.4 Å². The Labute approximate surface area is 177 Å². The van der Waals surface area contributed by atoms with Crippen molar-refractivity contribution in [2.45, 2.75) is 57.9 Å². The molecule has 5 rings (SSSR count). The van der Waals surface area contributed by atoms with Crippen LogP contribution in [-0.2, 0) is 11.3 Å². The molecule has 2 fully saturated rings. The smallest absolute Gasteiger partial charge is 0.341 e. The van der Waals surface area contributed by atoms with Gasteiger partial charge in [0.25, 0.3) is 0 Å². The van der Waals surface area contributed by atoms with Gasteiger partial charge < -0.3 is 14.6 Å². The number of rotatable bonds is 9. The van der Waals surface area contributed by atoms with E-state index in [0.29, 0.717) is 23.9 Å². The summed E-state index contributed by atoms with van der Waals surface area (Å²) >= 11 is 0. The van der Waals surface area contributed by atoms with E-state index in [4.69, 9.17) is 4.74 Å². The van der Waals surface area contributed by atoms with Crippen LogP contribution in [0, 0.1) is 5.92 Å². The van der Waals surface area contributed by atoms with Gasteiger partial charge in [-0.25, -0.2) is 9.78 Å². The summed E-state index contributed by atoms with van der Waals surface area (Å²) in [6.07, 6.45) is 11.0. The minimum Gasteiger partial charge on any atom is -0.462 e. The zero-order chi connectivity index (χ0) is 20.5. The highest BCUT2D eigenvalue weighted by Gasteiger charge is 2.26. The van der Waals surface area contributed by atoms with Gasteiger partial charge in [-0.1, -0.05) is 13.3 Å². The summed E-state index contributed by atoms with van der Waals surface area (Å²) in [7, 11) is 0. The predicted molar refractivity (Wildman–Crippen MR) is 119 cm³/mol. The number of hydrogen-bond acceptors (Lipinski definition) is 4. The molecule has 0 radical (unpaired) electrons. The maximum atomic E-state index is 12.7. The monoisotopic (exact) mass is 403 g/mol. The van der Waals surface area contributed by atoms with E-state index in [9.17, 15) is 4.79 Å². The fraction of sp³-hybridized carbons (Fsp3) is 0.440. The second-order valence-electron chi connectivity index (χ2n) is 8.74. The third kappa shape index (κ3) is 4.20. The Kier molecular flexibility index (Phi) is 5.19. The second-order valence-corrected chi connectivity index (χ2v) is 8.74. The zero-order valence-corrected chi connectivity index (χ0v) is 17.6. The molecule has 1 N–H and O–H groups in total. The quantitative estimate of drug-likeness (QED) is 0.350. The first-order valence-corrected chi connectivity index (χ1v) is 11.2. The standard InChI is InChI=1S/C25H29N3O2/c1-2-3-12-30-25(29)22-14-20(18-6-7-18)15-26-24(22)27-21-8-9-23-19(13-21)10-11-28(23)16-17-4-5-17/h8-11,13-15,17-18H,2-7,12,16H2,1H3,(H,26,27). The molecule has 2 saturated carbocycles. The summed E-state index contributed by atoms with van der Waals surface area (Å²) in [4.78, 5) is 17.3. The molecule has 0 unspecified atom stereocenters. The molecule has 2 aromatic heterocycles. The summed E-state index contributed by atoms with van der Waals surface area (Å²) in [6.45, 7) is 3.64. The van der Waals surface area contributed by atoms with Crippen molar-refractivity contribution in [2.24, 2.45) is 5.92 Å². The van der Waals surface area contributed by atoms with E-state index in [-0.39, 0.29) is 5.97 Å². The highest BCUT2D eigenvalue weighted by atomic mass is 16.5. The van der Waals surface area contributed by atoms with Crippen LogP contribution < -0.4 is 5.32 Å². The lowest BCUT2D eigenvalue weighted by Crippen LogP contribution is -2.11. The summed E-state index contributed by atoms with van der Waals surface area (Å²) in [5.41, 5.74) is 3.85. The van der Waals surface area contributed by atoms with Gasteiger partial charge >= 0.3 is 5.97 Å². The van der Waals surface area contributed by atoms with Crippen molar-refractivity contribution in [2.75, 3.05) is 11.9 Å². The van der Waals surface area contributed by atoms with Crippen molar-refractivity contribution < 1.29 is 9.53 Å². The van der Waals surface area contributed by atoms with Crippen LogP contribution >= 0.6 is 0 Å². The first kappa shape index (κ1) is 19.2. The molecule has 156 valence electrons. The second kappa shape index (κ2) is 8.13. The molecule has 5 heteroatoms. The molecular weight excluding hydrogens is 374 g/mol. The molecule has 0 atom stereocenters. The summed E-state index contributed by atoms with van der Waals surface area (Å²) in [6, 6.07) is 10.5. The lowest BCUT2D eigenvalue weighted by atomic mass is 10.1. The van der Waals surface area contributed by atoms with Crippen molar-refractivity contribution in [3.05, 3.63) is 53.9 Å². The van der Waals surface area contributed by atoms with Crippen LogP contribution in [0.2, 0.25) is 0 Å². The van der Waals surface area contributed by atoms with E-state index in [0.717, 1.165) is 36.6 Å². The van der Waals surface area contributed by atoms with E-state index >= 15 is 0 Å². The zero-order valence-electron chi connectivity index (χ0n) is 17.6. The highest BCUT2D eigenvalue weighted by Crippen LogP contribution is 2.41. The van der Waals surface area contributed by atoms with Gasteiger partial charge in [0.1, 0.15) is 11.4 Å². The SMILES string of the molecule is CCCCOC(=O)c1cc(C2CC2)cnc1Nc1ccc2c(ccn2CC2CC2)c1. The number of hydrogen-bond donors (Lipinski definition) is 1. The lowest BCUT2D eigenvalue weighted by Gasteiger charge is -2.13. The number of nitrogens with zero attached hydrogens (tertiary/aromatic N) is 2. The Hall–Kier alpha value is -2.82. The van der Waals surface area contributed by atoms with Crippen molar-refractivity contribution in [1.29, 1.82) is 0 Å². The normalized spacial score (nSPS) is 16.0.